The van der Waals surface area contributed by atoms with E-state index >= 15 is 0 Å². The van der Waals surface area contributed by atoms with E-state index in [9.17, 15) is 31.2 Å². The number of fused-ring (bicyclic) bond motifs is 1. The highest BCUT2D eigenvalue weighted by Crippen LogP contribution is 2.34. The fraction of sp³-hybridized carbons (Fsp3) is 0.156. The summed E-state index contributed by atoms with van der Waals surface area (Å²) in [6, 6.07) is 25.6. The molecule has 1 unspecified atom stereocenters. The summed E-state index contributed by atoms with van der Waals surface area (Å²) in [7, 11) is -3.90. The van der Waals surface area contributed by atoms with Gasteiger partial charge in [-0.15, -0.1) is 0 Å². The van der Waals surface area contributed by atoms with Crippen molar-refractivity contribution in [2.75, 3.05) is 0 Å². The minimum absolute atomic E-state index is 0.0575. The van der Waals surface area contributed by atoms with E-state index in [0.717, 1.165) is 22.0 Å². The van der Waals surface area contributed by atoms with E-state index in [0.29, 0.717) is 29.8 Å². The molecule has 1 aliphatic rings. The number of hydrogen-bond donors (Lipinski definition) is 2. The highest BCUT2D eigenvalue weighted by molar-refractivity contribution is 7.89. The average Bonchev–Trinajstić information content (AvgIpc) is 3.73. The number of nitrogens with two attached hydrogens (primary N) is 1. The molecule has 2 aromatic heterocycles. The number of nitrogens with zero attached hydrogens (tertiary/aromatic N) is 3. The quantitative estimate of drug-likeness (QED) is 0.226. The van der Waals surface area contributed by atoms with Crippen LogP contribution in [0.4, 0.5) is 13.2 Å². The number of aromatic nitrogens is 3. The molecule has 13 heteroatoms. The molecule has 9 nitrogen and oxygen atoms in total. The molecule has 0 fully saturated rings. The Balaban J connectivity index is 0.000000186. The minimum Gasteiger partial charge on any atom is -0.481 e. The standard InChI is InChI=1S/C17H14F3N3O2S.C15H13NO3/c1-11-2-4-12(5-3-11)15-10-16(17(18,19)20)22-23(15)13-6-8-14(9-7-13)26(21,24)25;17-14(10-4-2-1-3-5-10)13-7-6-12-11(15(18)19)8-9-16(12)13/h2-10H,1H3,(H2,21,24,25);1-7,11H,8-9H2,(H,18,19). The van der Waals surface area contributed by atoms with Gasteiger partial charge >= 0.3 is 12.1 Å². The maximum Gasteiger partial charge on any atom is 0.435 e. The molecule has 0 saturated carbocycles. The molecular weight excluding hydrogens is 609 g/mol. The lowest BCUT2D eigenvalue weighted by atomic mass is 10.1. The maximum atomic E-state index is 13.1. The molecule has 6 rings (SSSR count). The molecule has 45 heavy (non-hydrogen) atoms. The Labute approximate surface area is 256 Å². The summed E-state index contributed by atoms with van der Waals surface area (Å²) >= 11 is 0. The first kappa shape index (κ1) is 31.4. The number of carboxylic acids is 1. The fourth-order valence-electron chi connectivity index (χ4n) is 5.05. The summed E-state index contributed by atoms with van der Waals surface area (Å²) in [6.07, 6.45) is -4.05. The number of ketones is 1. The van der Waals surface area contributed by atoms with Crippen LogP contribution in [0.1, 0.15) is 45.3 Å². The van der Waals surface area contributed by atoms with Crippen molar-refractivity contribution in [2.45, 2.75) is 36.9 Å². The number of carbonyl (C=O) groups excluding carboxylic acids is 1. The first-order chi connectivity index (χ1) is 21.2. The Bertz CT molecular complexity index is 1970. The fourth-order valence-corrected chi connectivity index (χ4v) is 5.57. The van der Waals surface area contributed by atoms with Crippen molar-refractivity contribution >= 4 is 21.8 Å². The topological polar surface area (TPSA) is 137 Å². The summed E-state index contributed by atoms with van der Waals surface area (Å²) in [5.41, 5.74) is 2.93. The summed E-state index contributed by atoms with van der Waals surface area (Å²) < 4.78 is 65.0. The van der Waals surface area contributed by atoms with Gasteiger partial charge < -0.3 is 9.67 Å². The van der Waals surface area contributed by atoms with Gasteiger partial charge in [0.05, 0.1) is 27.9 Å². The highest BCUT2D eigenvalue weighted by Gasteiger charge is 2.35. The van der Waals surface area contributed by atoms with Gasteiger partial charge in [0, 0.05) is 23.4 Å². The number of aliphatic carboxylic acids is 1. The molecule has 5 aromatic rings. The maximum absolute atomic E-state index is 13.1. The van der Waals surface area contributed by atoms with Gasteiger partial charge in [0.2, 0.25) is 15.8 Å². The number of alkyl halides is 3. The molecule has 1 aliphatic heterocycles. The number of carbonyl (C=O) groups is 2. The Hall–Kier alpha value is -5.01. The van der Waals surface area contributed by atoms with Gasteiger partial charge in [-0.2, -0.15) is 18.3 Å². The van der Waals surface area contributed by atoms with Crippen LogP contribution in [0.3, 0.4) is 0 Å². The summed E-state index contributed by atoms with van der Waals surface area (Å²) in [5, 5.41) is 17.8. The number of benzene rings is 3. The van der Waals surface area contributed by atoms with E-state index in [1.165, 1.54) is 24.3 Å². The molecule has 1 atom stereocenters. The number of rotatable bonds is 6. The first-order valence-electron chi connectivity index (χ1n) is 13.6. The number of carboxylic acid groups (broad SMARTS) is 1. The monoisotopic (exact) mass is 636 g/mol. The Morgan fingerprint density at radius 2 is 1.58 bits per heavy atom. The van der Waals surface area contributed by atoms with Gasteiger partial charge in [0.1, 0.15) is 0 Å². The lowest BCUT2D eigenvalue weighted by Crippen LogP contribution is -2.12. The highest BCUT2D eigenvalue weighted by atomic mass is 32.2. The van der Waals surface area contributed by atoms with E-state index in [1.807, 2.05) is 29.7 Å². The van der Waals surface area contributed by atoms with Crippen molar-refractivity contribution in [2.24, 2.45) is 5.14 Å². The number of primary sulfonamides is 1. The zero-order valence-corrected chi connectivity index (χ0v) is 24.6. The number of halogens is 3. The Morgan fingerprint density at radius 1 is 0.933 bits per heavy atom. The normalized spacial score (nSPS) is 14.4. The molecule has 0 aliphatic carbocycles. The van der Waals surface area contributed by atoms with E-state index in [1.54, 1.807) is 48.5 Å². The predicted molar refractivity (Wildman–Crippen MR) is 159 cm³/mol. The van der Waals surface area contributed by atoms with Gasteiger partial charge in [-0.1, -0.05) is 60.2 Å². The van der Waals surface area contributed by atoms with Crippen LogP contribution in [0, 0.1) is 6.92 Å². The van der Waals surface area contributed by atoms with E-state index in [4.69, 9.17) is 10.2 Å². The molecule has 0 spiro atoms. The second kappa shape index (κ2) is 12.2. The average molecular weight is 637 g/mol. The third-order valence-electron chi connectivity index (χ3n) is 7.34. The van der Waals surface area contributed by atoms with Crippen LogP contribution in [-0.4, -0.2) is 39.6 Å². The van der Waals surface area contributed by atoms with E-state index in [-0.39, 0.29) is 22.1 Å². The van der Waals surface area contributed by atoms with Crippen LogP contribution in [0.2, 0.25) is 0 Å². The largest absolute Gasteiger partial charge is 0.481 e. The van der Waals surface area contributed by atoms with Gasteiger partial charge in [-0.3, -0.25) is 9.59 Å². The van der Waals surface area contributed by atoms with E-state index in [2.05, 4.69) is 5.10 Å². The minimum atomic E-state index is -4.61. The number of aryl methyl sites for hydroxylation is 1. The van der Waals surface area contributed by atoms with Crippen LogP contribution < -0.4 is 5.14 Å². The van der Waals surface area contributed by atoms with Gasteiger partial charge in [0.25, 0.3) is 0 Å². The van der Waals surface area contributed by atoms with Crippen LogP contribution in [-0.2, 0) is 27.5 Å². The van der Waals surface area contributed by atoms with Crippen molar-refractivity contribution in [1.29, 1.82) is 0 Å². The molecule has 3 aromatic carbocycles. The van der Waals surface area contributed by atoms with Crippen LogP contribution >= 0.6 is 0 Å². The second-order valence-corrected chi connectivity index (χ2v) is 12.0. The first-order valence-corrected chi connectivity index (χ1v) is 15.2. The van der Waals surface area contributed by atoms with Crippen LogP contribution in [0.25, 0.3) is 16.9 Å². The van der Waals surface area contributed by atoms with Gasteiger partial charge in [-0.05, 0) is 55.8 Å². The van der Waals surface area contributed by atoms with E-state index < -0.39 is 33.8 Å². The molecule has 232 valence electrons. The van der Waals surface area contributed by atoms with Crippen LogP contribution in [0.5, 0.6) is 0 Å². The van der Waals surface area contributed by atoms with Crippen molar-refractivity contribution in [3.05, 3.63) is 125 Å². The van der Waals surface area contributed by atoms with Crippen molar-refractivity contribution in [1.82, 2.24) is 14.3 Å². The molecule has 3 heterocycles. The molecule has 0 bridgehead atoms. The summed E-state index contributed by atoms with van der Waals surface area (Å²) in [5.74, 6) is -1.37. The zero-order chi connectivity index (χ0) is 32.5. The Kier molecular flexibility index (Phi) is 8.50. The lowest BCUT2D eigenvalue weighted by molar-refractivity contribution is -0.141. The third-order valence-corrected chi connectivity index (χ3v) is 8.27. The van der Waals surface area contributed by atoms with Crippen molar-refractivity contribution < 1.29 is 36.3 Å². The third kappa shape index (κ3) is 6.74. The molecule has 0 radical (unpaired) electrons. The number of hydrogen-bond acceptors (Lipinski definition) is 5. The van der Waals surface area contributed by atoms with Crippen molar-refractivity contribution in [3.8, 4) is 16.9 Å². The predicted octanol–water partition coefficient (Wildman–Crippen LogP) is 5.80. The molecule has 0 saturated heterocycles. The Morgan fingerprint density at radius 3 is 2.16 bits per heavy atom. The molecule has 3 N–H and O–H groups in total. The summed E-state index contributed by atoms with van der Waals surface area (Å²) in [4.78, 5) is 23.4. The smallest absolute Gasteiger partial charge is 0.435 e. The molecular formula is C32H27F3N4O5S. The van der Waals surface area contributed by atoms with Crippen LogP contribution in [0.15, 0.2) is 102 Å². The second-order valence-electron chi connectivity index (χ2n) is 10.4. The summed E-state index contributed by atoms with van der Waals surface area (Å²) in [6.45, 7) is 2.46. The van der Waals surface area contributed by atoms with Gasteiger partial charge in [-0.25, -0.2) is 18.2 Å². The van der Waals surface area contributed by atoms with Crippen molar-refractivity contribution in [3.63, 3.8) is 0 Å². The zero-order valence-electron chi connectivity index (χ0n) is 23.8. The SMILES string of the molecule is Cc1ccc(-c2cc(C(F)(F)F)nn2-c2ccc(S(N)(=O)=O)cc2)cc1.O=C(c1ccccc1)c1ccc2n1CCC2C(=O)O. The number of sulfonamides is 1. The lowest BCUT2D eigenvalue weighted by Gasteiger charge is -2.09. The molecule has 0 amide bonds. The van der Waals surface area contributed by atoms with Gasteiger partial charge in [0.15, 0.2) is 5.69 Å².